The van der Waals surface area contributed by atoms with Crippen molar-refractivity contribution in [2.75, 3.05) is 6.61 Å². The first-order valence-electron chi connectivity index (χ1n) is 4.92. The Kier molecular flexibility index (Phi) is 9.68. The first kappa shape index (κ1) is 11.3. The van der Waals surface area contributed by atoms with Crippen LogP contribution in [0.25, 0.3) is 0 Å². The standard InChI is InChI=1S/C10H19NO/c1-2-3-4-5-6-7-8-9-12-10-11/h2-9H2,1H3. The Bertz CT molecular complexity index is 117. The van der Waals surface area contributed by atoms with Gasteiger partial charge >= 0.3 is 0 Å². The van der Waals surface area contributed by atoms with Gasteiger partial charge in [0.25, 0.3) is 6.26 Å². The molecule has 0 aromatic carbocycles. The molecule has 12 heavy (non-hydrogen) atoms. The third kappa shape index (κ3) is 9.29. The van der Waals surface area contributed by atoms with Crippen molar-refractivity contribution in [3.05, 3.63) is 0 Å². The van der Waals surface area contributed by atoms with Crippen molar-refractivity contribution < 1.29 is 4.74 Å². The van der Waals surface area contributed by atoms with Crippen molar-refractivity contribution in [2.24, 2.45) is 0 Å². The van der Waals surface area contributed by atoms with E-state index in [1.165, 1.54) is 38.5 Å². The molecule has 0 heterocycles. The molecule has 0 spiro atoms. The number of rotatable bonds is 8. The van der Waals surface area contributed by atoms with E-state index in [4.69, 9.17) is 5.26 Å². The smallest absolute Gasteiger partial charge is 0.286 e. The molecule has 0 aromatic heterocycles. The number of ether oxygens (including phenoxy) is 1. The third-order valence-electron chi connectivity index (χ3n) is 1.91. The molecule has 0 rings (SSSR count). The molecule has 0 amide bonds. The molecule has 70 valence electrons. The molecule has 0 saturated carbocycles. The second-order valence-electron chi connectivity index (χ2n) is 3.06. The second-order valence-corrected chi connectivity index (χ2v) is 3.06. The summed E-state index contributed by atoms with van der Waals surface area (Å²) in [6, 6.07) is 0. The molecular weight excluding hydrogens is 150 g/mol. The number of unbranched alkanes of at least 4 members (excludes halogenated alkanes) is 6. The van der Waals surface area contributed by atoms with Crippen LogP contribution in [0.5, 0.6) is 0 Å². The summed E-state index contributed by atoms with van der Waals surface area (Å²) in [4.78, 5) is 0. The van der Waals surface area contributed by atoms with Crippen LogP contribution in [-0.2, 0) is 4.74 Å². The van der Waals surface area contributed by atoms with Gasteiger partial charge in [-0.05, 0) is 6.42 Å². The molecule has 0 unspecified atom stereocenters. The lowest BCUT2D eigenvalue weighted by atomic mass is 10.1. The number of nitriles is 1. The summed E-state index contributed by atoms with van der Waals surface area (Å²) in [5, 5.41) is 8.07. The van der Waals surface area contributed by atoms with Crippen LogP contribution in [0.4, 0.5) is 0 Å². The Morgan fingerprint density at radius 1 is 1.00 bits per heavy atom. The van der Waals surface area contributed by atoms with Crippen LogP contribution in [0, 0.1) is 11.5 Å². The van der Waals surface area contributed by atoms with Gasteiger partial charge in [0.15, 0.2) is 0 Å². The molecule has 0 atom stereocenters. The summed E-state index contributed by atoms with van der Waals surface area (Å²) in [6.07, 6.45) is 10.5. The van der Waals surface area contributed by atoms with E-state index < -0.39 is 0 Å². The summed E-state index contributed by atoms with van der Waals surface area (Å²) < 4.78 is 4.57. The highest BCUT2D eigenvalue weighted by molar-refractivity contribution is 4.49. The molecule has 2 heteroatoms. The lowest BCUT2D eigenvalue weighted by Crippen LogP contribution is -1.87. The van der Waals surface area contributed by atoms with Crippen molar-refractivity contribution in [2.45, 2.75) is 51.9 Å². The van der Waals surface area contributed by atoms with Gasteiger partial charge in [0, 0.05) is 0 Å². The highest BCUT2D eigenvalue weighted by Gasteiger charge is 1.90. The molecule has 2 nitrogen and oxygen atoms in total. The monoisotopic (exact) mass is 169 g/mol. The molecule has 0 bridgehead atoms. The zero-order chi connectivity index (χ0) is 9.07. The molecule has 0 N–H and O–H groups in total. The Hall–Kier alpha value is -0.710. The summed E-state index contributed by atoms with van der Waals surface area (Å²) >= 11 is 0. The second kappa shape index (κ2) is 10.3. The summed E-state index contributed by atoms with van der Waals surface area (Å²) in [6.45, 7) is 2.82. The fourth-order valence-corrected chi connectivity index (χ4v) is 1.18. The van der Waals surface area contributed by atoms with Gasteiger partial charge in [-0.3, -0.25) is 0 Å². The van der Waals surface area contributed by atoms with E-state index >= 15 is 0 Å². The lowest BCUT2D eigenvalue weighted by molar-refractivity contribution is 0.260. The van der Waals surface area contributed by atoms with E-state index in [2.05, 4.69) is 11.7 Å². The fourth-order valence-electron chi connectivity index (χ4n) is 1.18. The van der Waals surface area contributed by atoms with Crippen molar-refractivity contribution in [1.82, 2.24) is 0 Å². The maximum atomic E-state index is 8.07. The minimum absolute atomic E-state index is 0.601. The first-order valence-corrected chi connectivity index (χ1v) is 4.92. The maximum Gasteiger partial charge on any atom is 0.286 e. The molecule has 0 fully saturated rings. The van der Waals surface area contributed by atoms with Crippen LogP contribution < -0.4 is 0 Å². The van der Waals surface area contributed by atoms with Gasteiger partial charge in [-0.15, -0.1) is 0 Å². The van der Waals surface area contributed by atoms with Crippen molar-refractivity contribution in [3.63, 3.8) is 0 Å². The van der Waals surface area contributed by atoms with Crippen molar-refractivity contribution in [3.8, 4) is 6.26 Å². The van der Waals surface area contributed by atoms with E-state index in [1.807, 2.05) is 0 Å². The molecule has 0 aliphatic carbocycles. The Labute approximate surface area is 75.5 Å². The van der Waals surface area contributed by atoms with Crippen molar-refractivity contribution in [1.29, 1.82) is 5.26 Å². The van der Waals surface area contributed by atoms with Crippen LogP contribution in [0.2, 0.25) is 0 Å². The summed E-state index contributed by atoms with van der Waals surface area (Å²) in [5.41, 5.74) is 0. The SMILES string of the molecule is CCCCCCCCCOC#N. The van der Waals surface area contributed by atoms with Gasteiger partial charge in [0.1, 0.15) is 6.61 Å². The van der Waals surface area contributed by atoms with Gasteiger partial charge in [0.05, 0.1) is 0 Å². The van der Waals surface area contributed by atoms with Gasteiger partial charge in [-0.25, -0.2) is 0 Å². The highest BCUT2D eigenvalue weighted by atomic mass is 16.5. The molecule has 0 saturated heterocycles. The Morgan fingerprint density at radius 3 is 2.17 bits per heavy atom. The van der Waals surface area contributed by atoms with Crippen LogP contribution in [0.3, 0.4) is 0 Å². The van der Waals surface area contributed by atoms with Gasteiger partial charge in [-0.2, -0.15) is 5.26 Å². The average Bonchev–Trinajstić information content (AvgIpc) is 2.10. The van der Waals surface area contributed by atoms with E-state index in [0.29, 0.717) is 6.61 Å². The lowest BCUT2D eigenvalue weighted by Gasteiger charge is -1.99. The maximum absolute atomic E-state index is 8.07. The van der Waals surface area contributed by atoms with Crippen LogP contribution in [0.15, 0.2) is 0 Å². The van der Waals surface area contributed by atoms with Crippen molar-refractivity contribution >= 4 is 0 Å². The number of hydrogen-bond donors (Lipinski definition) is 0. The molecular formula is C10H19NO. The van der Waals surface area contributed by atoms with E-state index in [-0.39, 0.29) is 0 Å². The zero-order valence-electron chi connectivity index (χ0n) is 8.01. The normalized spacial score (nSPS) is 9.33. The minimum atomic E-state index is 0.601. The largest absolute Gasteiger partial charge is 0.428 e. The molecule has 0 aliphatic rings. The van der Waals surface area contributed by atoms with E-state index in [1.54, 1.807) is 6.26 Å². The van der Waals surface area contributed by atoms with Crippen LogP contribution in [0.1, 0.15) is 51.9 Å². The molecule has 0 aliphatic heterocycles. The minimum Gasteiger partial charge on any atom is -0.428 e. The third-order valence-corrected chi connectivity index (χ3v) is 1.91. The number of nitrogens with zero attached hydrogens (tertiary/aromatic N) is 1. The van der Waals surface area contributed by atoms with Crippen LogP contribution in [-0.4, -0.2) is 6.61 Å². The Morgan fingerprint density at radius 2 is 1.58 bits per heavy atom. The van der Waals surface area contributed by atoms with E-state index in [0.717, 1.165) is 6.42 Å². The van der Waals surface area contributed by atoms with Gasteiger partial charge in [-0.1, -0.05) is 45.4 Å². The first-order chi connectivity index (χ1) is 5.91. The number of hydrogen-bond acceptors (Lipinski definition) is 2. The molecule has 0 radical (unpaired) electrons. The highest BCUT2D eigenvalue weighted by Crippen LogP contribution is 2.06. The Balaban J connectivity index is 2.78. The zero-order valence-corrected chi connectivity index (χ0v) is 8.01. The quantitative estimate of drug-likeness (QED) is 0.413. The predicted molar refractivity (Wildman–Crippen MR) is 49.6 cm³/mol. The van der Waals surface area contributed by atoms with Crippen LogP contribution >= 0.6 is 0 Å². The topological polar surface area (TPSA) is 33.0 Å². The van der Waals surface area contributed by atoms with Gasteiger partial charge in [0.2, 0.25) is 0 Å². The summed E-state index contributed by atoms with van der Waals surface area (Å²) in [7, 11) is 0. The fraction of sp³-hybridized carbons (Fsp3) is 0.900. The van der Waals surface area contributed by atoms with E-state index in [9.17, 15) is 0 Å². The average molecular weight is 169 g/mol. The predicted octanol–water partition coefficient (Wildman–Crippen LogP) is 3.23. The van der Waals surface area contributed by atoms with Gasteiger partial charge < -0.3 is 4.74 Å². The molecule has 0 aromatic rings. The summed E-state index contributed by atoms with van der Waals surface area (Å²) in [5.74, 6) is 0.